The highest BCUT2D eigenvalue weighted by atomic mass is 19.3. The predicted octanol–water partition coefficient (Wildman–Crippen LogP) is 3.59. The molecular weight excluding hydrogens is 261 g/mol. The van der Waals surface area contributed by atoms with Crippen molar-refractivity contribution in [2.24, 2.45) is 0 Å². The van der Waals surface area contributed by atoms with Crippen LogP contribution in [0.1, 0.15) is 39.7 Å². The van der Waals surface area contributed by atoms with Crippen LogP contribution in [0.3, 0.4) is 0 Å². The van der Waals surface area contributed by atoms with Gasteiger partial charge in [0, 0.05) is 6.42 Å². The molecule has 1 heterocycles. The molecule has 0 N–H and O–H groups in total. The van der Waals surface area contributed by atoms with Crippen molar-refractivity contribution in [1.82, 2.24) is 0 Å². The molecular formula is C15H19BF2O2. The number of hydrogen-bond acceptors (Lipinski definition) is 2. The molecule has 0 aromatic heterocycles. The van der Waals surface area contributed by atoms with Crippen LogP contribution in [0.15, 0.2) is 30.3 Å². The smallest absolute Gasteiger partial charge is 0.403 e. The second-order valence-corrected chi connectivity index (χ2v) is 6.81. The number of rotatable bonds is 2. The second-order valence-electron chi connectivity index (χ2n) is 6.81. The summed E-state index contributed by atoms with van der Waals surface area (Å²) in [5.74, 6) is -2.78. The summed E-state index contributed by atoms with van der Waals surface area (Å²) in [4.78, 5) is 0. The molecule has 0 radical (unpaired) electrons. The second kappa shape index (κ2) is 3.83. The van der Waals surface area contributed by atoms with Crippen molar-refractivity contribution < 1.29 is 18.1 Å². The Morgan fingerprint density at radius 1 is 0.950 bits per heavy atom. The van der Waals surface area contributed by atoms with Crippen LogP contribution in [-0.2, 0) is 14.6 Å². The Balaban J connectivity index is 2.00. The first-order valence-electron chi connectivity index (χ1n) is 6.91. The van der Waals surface area contributed by atoms with Gasteiger partial charge in [-0.2, -0.15) is 0 Å². The van der Waals surface area contributed by atoms with E-state index >= 15 is 0 Å². The summed E-state index contributed by atoms with van der Waals surface area (Å²) >= 11 is 0. The van der Waals surface area contributed by atoms with Crippen LogP contribution in [0.4, 0.5) is 8.78 Å². The molecule has 1 aromatic carbocycles. The summed E-state index contributed by atoms with van der Waals surface area (Å²) in [5.41, 5.74) is -0.612. The molecule has 1 aliphatic heterocycles. The van der Waals surface area contributed by atoms with Crippen LogP contribution in [0.5, 0.6) is 0 Å². The van der Waals surface area contributed by atoms with Crippen LogP contribution in [0.25, 0.3) is 0 Å². The van der Waals surface area contributed by atoms with Gasteiger partial charge in [0.05, 0.1) is 16.5 Å². The summed E-state index contributed by atoms with van der Waals surface area (Å²) in [6.07, 6.45) is -0.221. The molecule has 2 nitrogen and oxygen atoms in total. The molecule has 5 heteroatoms. The molecule has 1 aliphatic carbocycles. The minimum atomic E-state index is -2.78. The lowest BCUT2D eigenvalue weighted by Crippen LogP contribution is -2.41. The molecule has 0 bridgehead atoms. The molecule has 1 saturated heterocycles. The maximum atomic E-state index is 14.1. The minimum absolute atomic E-state index is 0.221. The summed E-state index contributed by atoms with van der Waals surface area (Å²) in [5, 5.41) is -1.35. The Morgan fingerprint density at radius 2 is 1.40 bits per heavy atom. The van der Waals surface area contributed by atoms with E-state index in [1.807, 2.05) is 33.8 Å². The lowest BCUT2D eigenvalue weighted by Gasteiger charge is -2.32. The number of halogens is 2. The third-order valence-electron chi connectivity index (χ3n) is 4.97. The van der Waals surface area contributed by atoms with E-state index in [-0.39, 0.29) is 6.42 Å². The molecule has 2 aliphatic rings. The molecule has 108 valence electrons. The quantitative estimate of drug-likeness (QED) is 0.771. The molecule has 1 atom stereocenters. The van der Waals surface area contributed by atoms with Crippen molar-refractivity contribution in [1.29, 1.82) is 0 Å². The monoisotopic (exact) mass is 280 g/mol. The van der Waals surface area contributed by atoms with Gasteiger partial charge in [-0.25, -0.2) is 8.78 Å². The fraction of sp³-hybridized carbons (Fsp3) is 0.600. The van der Waals surface area contributed by atoms with Crippen LogP contribution < -0.4 is 0 Å². The van der Waals surface area contributed by atoms with Crippen molar-refractivity contribution in [3.63, 3.8) is 0 Å². The molecule has 0 spiro atoms. The van der Waals surface area contributed by atoms with E-state index in [0.717, 1.165) is 0 Å². The van der Waals surface area contributed by atoms with E-state index < -0.39 is 29.6 Å². The Labute approximate surface area is 118 Å². The Bertz CT molecular complexity index is 514. The van der Waals surface area contributed by atoms with Gasteiger partial charge in [-0.05, 0) is 33.3 Å². The van der Waals surface area contributed by atoms with E-state index in [2.05, 4.69) is 0 Å². The van der Waals surface area contributed by atoms with Gasteiger partial charge >= 0.3 is 7.12 Å². The van der Waals surface area contributed by atoms with Crippen molar-refractivity contribution in [2.75, 3.05) is 0 Å². The first kappa shape index (κ1) is 14.0. The van der Waals surface area contributed by atoms with E-state index in [1.54, 1.807) is 24.3 Å². The topological polar surface area (TPSA) is 18.5 Å². The average Bonchev–Trinajstić information content (AvgIpc) is 2.85. The summed E-state index contributed by atoms with van der Waals surface area (Å²) in [6.45, 7) is 7.52. The van der Waals surface area contributed by atoms with Crippen molar-refractivity contribution in [3.8, 4) is 0 Å². The normalized spacial score (nSPS) is 33.2. The average molecular weight is 280 g/mol. The van der Waals surface area contributed by atoms with Crippen LogP contribution in [0.2, 0.25) is 0 Å². The van der Waals surface area contributed by atoms with Crippen LogP contribution in [-0.4, -0.2) is 24.2 Å². The highest BCUT2D eigenvalue weighted by Gasteiger charge is 2.81. The van der Waals surface area contributed by atoms with Gasteiger partial charge in [0.25, 0.3) is 5.92 Å². The fourth-order valence-electron chi connectivity index (χ4n) is 2.79. The first-order valence-corrected chi connectivity index (χ1v) is 6.91. The summed E-state index contributed by atoms with van der Waals surface area (Å²) in [7, 11) is -0.912. The SMILES string of the molecule is CC1(C)OB(C2(c3ccccc3)CC2(F)F)OC1(C)C. The lowest BCUT2D eigenvalue weighted by molar-refractivity contribution is 0.00578. The Hall–Kier alpha value is -0.935. The van der Waals surface area contributed by atoms with Crippen LogP contribution >= 0.6 is 0 Å². The first-order chi connectivity index (χ1) is 9.12. The molecule has 1 unspecified atom stereocenters. The fourth-order valence-corrected chi connectivity index (χ4v) is 2.79. The van der Waals surface area contributed by atoms with Crippen molar-refractivity contribution in [2.45, 2.75) is 56.6 Å². The van der Waals surface area contributed by atoms with E-state index in [0.29, 0.717) is 5.56 Å². The standard InChI is InChI=1S/C15H19BF2O2/c1-12(2)13(3,4)20-16(19-12)14(10-15(14,17)18)11-8-6-5-7-9-11/h5-9H,10H2,1-4H3. The summed E-state index contributed by atoms with van der Waals surface area (Å²) < 4.78 is 40.0. The van der Waals surface area contributed by atoms with E-state index in [4.69, 9.17) is 9.31 Å². The zero-order valence-corrected chi connectivity index (χ0v) is 12.2. The van der Waals surface area contributed by atoms with Gasteiger partial charge in [-0.1, -0.05) is 30.3 Å². The molecule has 1 saturated carbocycles. The summed E-state index contributed by atoms with van der Waals surface area (Å²) in [6, 6.07) is 8.83. The highest BCUT2D eigenvalue weighted by Crippen LogP contribution is 2.65. The third-order valence-corrected chi connectivity index (χ3v) is 4.97. The highest BCUT2D eigenvalue weighted by molar-refractivity contribution is 6.51. The number of benzene rings is 1. The maximum absolute atomic E-state index is 14.1. The third kappa shape index (κ3) is 1.69. The zero-order valence-electron chi connectivity index (χ0n) is 12.2. The van der Waals surface area contributed by atoms with Gasteiger partial charge < -0.3 is 9.31 Å². The van der Waals surface area contributed by atoms with Crippen LogP contribution in [0, 0.1) is 0 Å². The van der Waals surface area contributed by atoms with E-state index in [1.165, 1.54) is 0 Å². The molecule has 2 fully saturated rings. The van der Waals surface area contributed by atoms with Crippen molar-refractivity contribution >= 4 is 7.12 Å². The van der Waals surface area contributed by atoms with E-state index in [9.17, 15) is 8.78 Å². The van der Waals surface area contributed by atoms with Gasteiger partial charge in [-0.3, -0.25) is 0 Å². The molecule has 0 amide bonds. The minimum Gasteiger partial charge on any atom is -0.403 e. The van der Waals surface area contributed by atoms with Gasteiger partial charge in [0.15, 0.2) is 0 Å². The molecule has 3 rings (SSSR count). The molecule has 1 aromatic rings. The Morgan fingerprint density at radius 3 is 1.80 bits per heavy atom. The van der Waals surface area contributed by atoms with Crippen molar-refractivity contribution in [3.05, 3.63) is 35.9 Å². The Kier molecular flexibility index (Phi) is 2.68. The predicted molar refractivity (Wildman–Crippen MR) is 73.8 cm³/mol. The lowest BCUT2D eigenvalue weighted by atomic mass is 9.63. The van der Waals surface area contributed by atoms with Gasteiger partial charge in [-0.15, -0.1) is 0 Å². The van der Waals surface area contributed by atoms with Gasteiger partial charge in [0.2, 0.25) is 0 Å². The number of hydrogen-bond donors (Lipinski definition) is 0. The number of alkyl halides is 2. The maximum Gasteiger partial charge on any atom is 0.475 e. The molecule has 20 heavy (non-hydrogen) atoms. The zero-order chi connectivity index (χ0) is 14.8. The largest absolute Gasteiger partial charge is 0.475 e. The van der Waals surface area contributed by atoms with Gasteiger partial charge in [0.1, 0.15) is 0 Å².